The van der Waals surface area contributed by atoms with Crippen molar-refractivity contribution in [3.05, 3.63) is 58.1 Å². The van der Waals surface area contributed by atoms with Crippen LogP contribution in [0.2, 0.25) is 0 Å². The molecule has 0 aliphatic carbocycles. The molecule has 0 radical (unpaired) electrons. The maximum atomic E-state index is 13.0. The zero-order valence-electron chi connectivity index (χ0n) is 15.3. The van der Waals surface area contributed by atoms with Crippen LogP contribution in [0.5, 0.6) is 0 Å². The molecule has 0 aliphatic rings. The summed E-state index contributed by atoms with van der Waals surface area (Å²) >= 11 is 1.14. The summed E-state index contributed by atoms with van der Waals surface area (Å²) in [5.74, 6) is -0.481. The maximum Gasteiger partial charge on any atom is 0.416 e. The Morgan fingerprint density at radius 2 is 1.79 bits per heavy atom. The van der Waals surface area contributed by atoms with Crippen molar-refractivity contribution in [2.75, 3.05) is 24.3 Å². The van der Waals surface area contributed by atoms with Gasteiger partial charge in [-0.05, 0) is 37.3 Å². The molecule has 1 atom stereocenters. The van der Waals surface area contributed by atoms with E-state index in [1.165, 1.54) is 30.3 Å². The van der Waals surface area contributed by atoms with E-state index in [0.717, 1.165) is 23.9 Å². The number of rotatable bonds is 6. The summed E-state index contributed by atoms with van der Waals surface area (Å²) in [5, 5.41) is 12.6. The minimum atomic E-state index is -4.52. The summed E-state index contributed by atoms with van der Waals surface area (Å²) in [6.45, 7) is 1.60. The molecule has 0 saturated heterocycles. The molecule has 0 aromatic heterocycles. The Bertz CT molecular complexity index is 871. The number of nitro benzene ring substituents is 1. The number of nitro groups is 1. The average molecular weight is 413 g/mol. The predicted octanol–water partition coefficient (Wildman–Crippen LogP) is 4.80. The largest absolute Gasteiger partial charge is 0.416 e. The molecule has 2 aromatic rings. The number of hydrogen-bond acceptors (Lipinski definition) is 5. The summed E-state index contributed by atoms with van der Waals surface area (Å²) in [7, 11) is 3.32. The van der Waals surface area contributed by atoms with Gasteiger partial charge in [0.25, 0.3) is 5.69 Å². The van der Waals surface area contributed by atoms with Gasteiger partial charge in [0.15, 0.2) is 0 Å². The number of thioether (sulfide) groups is 1. The van der Waals surface area contributed by atoms with Crippen LogP contribution in [0.3, 0.4) is 0 Å². The number of nitrogens with zero attached hydrogens (tertiary/aromatic N) is 2. The van der Waals surface area contributed by atoms with Crippen LogP contribution < -0.4 is 10.2 Å². The molecule has 10 heteroatoms. The van der Waals surface area contributed by atoms with Gasteiger partial charge in [0, 0.05) is 31.1 Å². The highest BCUT2D eigenvalue weighted by Crippen LogP contribution is 2.35. The van der Waals surface area contributed by atoms with Gasteiger partial charge in [-0.25, -0.2) is 0 Å². The number of amides is 1. The van der Waals surface area contributed by atoms with Crippen molar-refractivity contribution in [3.63, 3.8) is 0 Å². The van der Waals surface area contributed by atoms with Crippen LogP contribution in [0.25, 0.3) is 0 Å². The first-order chi connectivity index (χ1) is 13.0. The summed E-state index contributed by atoms with van der Waals surface area (Å²) < 4.78 is 39.0. The Morgan fingerprint density at radius 3 is 2.29 bits per heavy atom. The van der Waals surface area contributed by atoms with Crippen molar-refractivity contribution in [2.24, 2.45) is 0 Å². The second kappa shape index (κ2) is 8.51. The normalized spacial score (nSPS) is 12.4. The molecule has 0 saturated carbocycles. The van der Waals surface area contributed by atoms with Crippen LogP contribution in [0.1, 0.15) is 12.5 Å². The van der Waals surface area contributed by atoms with E-state index in [1.807, 2.05) is 0 Å². The lowest BCUT2D eigenvalue weighted by molar-refractivity contribution is -0.384. The third-order valence-corrected chi connectivity index (χ3v) is 4.91. The van der Waals surface area contributed by atoms with Crippen LogP contribution >= 0.6 is 11.8 Å². The third-order valence-electron chi connectivity index (χ3n) is 3.79. The molecular weight excluding hydrogens is 395 g/mol. The SMILES string of the molecule is CC(Sc1ccc([N+](=O)[O-])cc1)C(=O)Nc1cc(C(F)(F)F)ccc1N(C)C. The Morgan fingerprint density at radius 1 is 1.18 bits per heavy atom. The molecule has 28 heavy (non-hydrogen) atoms. The fourth-order valence-electron chi connectivity index (χ4n) is 2.34. The fraction of sp³-hybridized carbons (Fsp3) is 0.278. The predicted molar refractivity (Wildman–Crippen MR) is 103 cm³/mol. The minimum Gasteiger partial charge on any atom is -0.376 e. The first kappa shape index (κ1) is 21.5. The van der Waals surface area contributed by atoms with E-state index in [2.05, 4.69) is 5.32 Å². The highest BCUT2D eigenvalue weighted by molar-refractivity contribution is 8.00. The number of benzene rings is 2. The van der Waals surface area contributed by atoms with E-state index in [0.29, 0.717) is 10.6 Å². The highest BCUT2D eigenvalue weighted by atomic mass is 32.2. The van der Waals surface area contributed by atoms with Gasteiger partial charge in [-0.1, -0.05) is 0 Å². The molecule has 1 N–H and O–H groups in total. The molecule has 150 valence electrons. The minimum absolute atomic E-state index is 0.0565. The quantitative estimate of drug-likeness (QED) is 0.418. The van der Waals surface area contributed by atoms with E-state index in [-0.39, 0.29) is 11.4 Å². The van der Waals surface area contributed by atoms with Crippen molar-refractivity contribution in [1.29, 1.82) is 0 Å². The van der Waals surface area contributed by atoms with E-state index < -0.39 is 27.8 Å². The molecule has 0 bridgehead atoms. The van der Waals surface area contributed by atoms with Crippen LogP contribution in [0.15, 0.2) is 47.4 Å². The fourth-order valence-corrected chi connectivity index (χ4v) is 3.21. The summed E-state index contributed by atoms with van der Waals surface area (Å²) in [5.41, 5.74) is -0.431. The van der Waals surface area contributed by atoms with Crippen LogP contribution in [-0.4, -0.2) is 30.2 Å². The van der Waals surface area contributed by atoms with Crippen LogP contribution in [0, 0.1) is 10.1 Å². The molecular formula is C18H18F3N3O3S. The number of carbonyl (C=O) groups is 1. The number of hydrogen-bond donors (Lipinski definition) is 1. The van der Waals surface area contributed by atoms with Crippen LogP contribution in [0.4, 0.5) is 30.2 Å². The standard InChI is InChI=1S/C18H18F3N3O3S/c1-11(28-14-7-5-13(6-8-14)24(26)27)17(25)22-15-10-12(18(19,20)21)4-9-16(15)23(2)3/h4-11H,1-3H3,(H,22,25). The lowest BCUT2D eigenvalue weighted by Gasteiger charge is -2.21. The molecule has 2 rings (SSSR count). The van der Waals surface area contributed by atoms with Gasteiger partial charge >= 0.3 is 6.18 Å². The second-order valence-electron chi connectivity index (χ2n) is 6.12. The van der Waals surface area contributed by atoms with Crippen molar-refractivity contribution in [3.8, 4) is 0 Å². The van der Waals surface area contributed by atoms with Gasteiger partial charge in [-0.2, -0.15) is 13.2 Å². The van der Waals surface area contributed by atoms with Crippen molar-refractivity contribution < 1.29 is 22.9 Å². The summed E-state index contributed by atoms with van der Waals surface area (Å²) in [6, 6.07) is 8.83. The van der Waals surface area contributed by atoms with Gasteiger partial charge in [-0.3, -0.25) is 14.9 Å². The second-order valence-corrected chi connectivity index (χ2v) is 7.54. The Balaban J connectivity index is 2.17. The lowest BCUT2D eigenvalue weighted by Crippen LogP contribution is -2.24. The third kappa shape index (κ3) is 5.38. The van der Waals surface area contributed by atoms with Crippen molar-refractivity contribution in [2.45, 2.75) is 23.2 Å². The number of anilines is 2. The van der Waals surface area contributed by atoms with Crippen molar-refractivity contribution >= 4 is 34.7 Å². The number of halogens is 3. The monoisotopic (exact) mass is 413 g/mol. The van der Waals surface area contributed by atoms with Gasteiger partial charge in [0.05, 0.1) is 27.1 Å². The number of nitrogens with one attached hydrogen (secondary N) is 1. The van der Waals surface area contributed by atoms with Gasteiger partial charge in [-0.15, -0.1) is 11.8 Å². The number of alkyl halides is 3. The molecule has 0 spiro atoms. The van der Waals surface area contributed by atoms with E-state index in [9.17, 15) is 28.1 Å². The molecule has 1 amide bonds. The van der Waals surface area contributed by atoms with E-state index in [1.54, 1.807) is 25.9 Å². The molecule has 6 nitrogen and oxygen atoms in total. The molecule has 0 heterocycles. The molecule has 1 unspecified atom stereocenters. The first-order valence-electron chi connectivity index (χ1n) is 8.09. The molecule has 0 fully saturated rings. The number of non-ortho nitro benzene ring substituents is 1. The van der Waals surface area contributed by atoms with Gasteiger partial charge in [0.1, 0.15) is 0 Å². The number of carbonyl (C=O) groups excluding carboxylic acids is 1. The zero-order chi connectivity index (χ0) is 21.1. The topological polar surface area (TPSA) is 75.5 Å². The van der Waals surface area contributed by atoms with Crippen molar-refractivity contribution in [1.82, 2.24) is 0 Å². The smallest absolute Gasteiger partial charge is 0.376 e. The maximum absolute atomic E-state index is 13.0. The van der Waals surface area contributed by atoms with E-state index >= 15 is 0 Å². The molecule has 0 aliphatic heterocycles. The Kier molecular flexibility index (Phi) is 6.55. The Labute approximate surface area is 163 Å². The van der Waals surface area contributed by atoms with E-state index in [4.69, 9.17) is 0 Å². The highest BCUT2D eigenvalue weighted by Gasteiger charge is 2.31. The summed E-state index contributed by atoms with van der Waals surface area (Å²) in [6.07, 6.45) is -4.52. The lowest BCUT2D eigenvalue weighted by atomic mass is 10.1. The average Bonchev–Trinajstić information content (AvgIpc) is 2.61. The zero-order valence-corrected chi connectivity index (χ0v) is 16.1. The first-order valence-corrected chi connectivity index (χ1v) is 8.97. The van der Waals surface area contributed by atoms with Gasteiger partial charge < -0.3 is 10.2 Å². The van der Waals surface area contributed by atoms with Gasteiger partial charge in [0.2, 0.25) is 5.91 Å². The Hall–Kier alpha value is -2.75. The van der Waals surface area contributed by atoms with Crippen LogP contribution in [-0.2, 0) is 11.0 Å². The molecule has 2 aromatic carbocycles. The summed E-state index contributed by atoms with van der Waals surface area (Å²) in [4.78, 5) is 24.9.